The zero-order chi connectivity index (χ0) is 27.7. The fraction of sp³-hybridized carbons (Fsp3) is 0.538. The van der Waals surface area contributed by atoms with Gasteiger partial charge in [-0.15, -0.1) is 0 Å². The summed E-state index contributed by atoms with van der Waals surface area (Å²) < 4.78 is 22.0. The van der Waals surface area contributed by atoms with Gasteiger partial charge in [0.1, 0.15) is 22.5 Å². The number of anilines is 1. The van der Waals surface area contributed by atoms with Gasteiger partial charge in [0.05, 0.1) is 41.6 Å². The predicted molar refractivity (Wildman–Crippen MR) is 140 cm³/mol. The van der Waals surface area contributed by atoms with Crippen LogP contribution < -0.4 is 5.32 Å². The molecular weight excluding hydrogens is 515 g/mol. The van der Waals surface area contributed by atoms with Crippen molar-refractivity contribution in [1.29, 1.82) is 0 Å². The highest BCUT2D eigenvalue weighted by atomic mass is 35.5. The van der Waals surface area contributed by atoms with Crippen LogP contribution in [-0.2, 0) is 10.3 Å². The third-order valence-electron chi connectivity index (χ3n) is 7.66. The lowest BCUT2D eigenvalue weighted by molar-refractivity contribution is 0.0404. The number of imidazole rings is 1. The first-order valence-electron chi connectivity index (χ1n) is 12.6. The van der Waals surface area contributed by atoms with E-state index in [0.29, 0.717) is 35.6 Å². The van der Waals surface area contributed by atoms with Gasteiger partial charge in [-0.1, -0.05) is 18.5 Å². The smallest absolute Gasteiger partial charge is 0.409 e. The van der Waals surface area contributed by atoms with Crippen molar-refractivity contribution in [1.82, 2.24) is 24.4 Å². The monoisotopic (exact) mass is 546 g/mol. The van der Waals surface area contributed by atoms with Crippen molar-refractivity contribution in [2.75, 3.05) is 19.0 Å². The number of ether oxygens (including phenoxy) is 1. The van der Waals surface area contributed by atoms with Gasteiger partial charge >= 0.3 is 6.09 Å². The summed E-state index contributed by atoms with van der Waals surface area (Å²) >= 11 is 6.47. The van der Waals surface area contributed by atoms with E-state index in [1.54, 1.807) is 29.4 Å². The number of aliphatic hydroxyl groups is 2. The number of rotatable bonds is 5. The Hall–Kier alpha value is -3.02. The maximum absolute atomic E-state index is 15.3. The number of piperidine rings is 1. The molecule has 0 spiro atoms. The molecule has 1 saturated carbocycles. The van der Waals surface area contributed by atoms with E-state index < -0.39 is 29.2 Å². The average Bonchev–Trinajstić information content (AvgIpc) is 3.21. The van der Waals surface area contributed by atoms with Gasteiger partial charge in [0, 0.05) is 24.1 Å². The van der Waals surface area contributed by atoms with Gasteiger partial charge in [0.25, 0.3) is 0 Å². The van der Waals surface area contributed by atoms with E-state index in [4.69, 9.17) is 16.3 Å². The second-order valence-corrected chi connectivity index (χ2v) is 11.4. The van der Waals surface area contributed by atoms with Crippen LogP contribution in [0.1, 0.15) is 52.9 Å². The van der Waals surface area contributed by atoms with E-state index in [0.717, 1.165) is 0 Å². The number of methoxy groups -OCH3 is 1. The number of likely N-dealkylation sites (tertiary alicyclic amines) is 1. The average molecular weight is 547 g/mol. The van der Waals surface area contributed by atoms with E-state index in [9.17, 15) is 15.0 Å². The summed E-state index contributed by atoms with van der Waals surface area (Å²) in [5, 5.41) is 25.4. The van der Waals surface area contributed by atoms with Crippen molar-refractivity contribution in [3.05, 3.63) is 35.0 Å². The number of benzene rings is 1. The zero-order valence-corrected chi connectivity index (χ0v) is 22.9. The number of carbonyl (C=O) groups is 1. The molecular formula is C26H32ClFN6O4. The lowest BCUT2D eigenvalue weighted by atomic mass is 10.00. The van der Waals surface area contributed by atoms with Crippen molar-refractivity contribution in [3.8, 4) is 11.3 Å². The zero-order valence-electron chi connectivity index (χ0n) is 22.2. The van der Waals surface area contributed by atoms with Crippen LogP contribution >= 0.6 is 11.6 Å². The van der Waals surface area contributed by atoms with Gasteiger partial charge in [0.2, 0.25) is 5.95 Å². The molecule has 3 N–H and O–H groups in total. The summed E-state index contributed by atoms with van der Waals surface area (Å²) in [6.07, 6.45) is 1.42. The number of hydrogen-bond acceptors (Lipinski definition) is 8. The van der Waals surface area contributed by atoms with Crippen LogP contribution in [0.4, 0.5) is 15.1 Å². The lowest BCUT2D eigenvalue weighted by Crippen LogP contribution is -2.52. The summed E-state index contributed by atoms with van der Waals surface area (Å²) in [5.74, 6) is -0.145. The minimum absolute atomic E-state index is 0.0979. The molecule has 3 aromatic rings. The normalized spacial score (nSPS) is 25.0. The highest BCUT2D eigenvalue weighted by Crippen LogP contribution is 2.53. The Morgan fingerprint density at radius 1 is 1.34 bits per heavy atom. The fourth-order valence-electron chi connectivity index (χ4n) is 5.78. The van der Waals surface area contributed by atoms with Crippen LogP contribution in [0.15, 0.2) is 18.3 Å². The number of nitrogens with one attached hydrogen (secondary N) is 1. The first kappa shape index (κ1) is 26.6. The molecule has 1 saturated heterocycles. The van der Waals surface area contributed by atoms with Crippen LogP contribution in [0.2, 0.25) is 5.02 Å². The molecule has 1 unspecified atom stereocenters. The second kappa shape index (κ2) is 9.03. The highest BCUT2D eigenvalue weighted by molar-refractivity contribution is 6.33. The quantitative estimate of drug-likeness (QED) is 0.437. The van der Waals surface area contributed by atoms with E-state index in [1.807, 2.05) is 20.8 Å². The molecule has 3 heterocycles. The number of hydrogen-bond donors (Lipinski definition) is 3. The predicted octanol–water partition coefficient (Wildman–Crippen LogP) is 4.10. The van der Waals surface area contributed by atoms with Gasteiger partial charge in [0.15, 0.2) is 5.82 Å². The lowest BCUT2D eigenvalue weighted by Gasteiger charge is -2.34. The van der Waals surface area contributed by atoms with Gasteiger partial charge in [-0.3, -0.25) is 0 Å². The molecule has 10 nitrogen and oxygen atoms in total. The summed E-state index contributed by atoms with van der Waals surface area (Å²) in [6.45, 7) is 9.38. The third kappa shape index (κ3) is 4.07. The van der Waals surface area contributed by atoms with Crippen molar-refractivity contribution in [2.24, 2.45) is 5.92 Å². The van der Waals surface area contributed by atoms with Crippen LogP contribution in [0.25, 0.3) is 22.3 Å². The number of nitrogens with zero attached hydrogens (tertiary/aromatic N) is 5. The minimum atomic E-state index is -1.28. The maximum atomic E-state index is 15.3. The minimum Gasteiger partial charge on any atom is -0.453 e. The molecule has 2 aliphatic rings. The molecule has 38 heavy (non-hydrogen) atoms. The summed E-state index contributed by atoms with van der Waals surface area (Å²) in [6, 6.07) is 2.19. The maximum Gasteiger partial charge on any atom is 0.409 e. The molecule has 0 radical (unpaired) electrons. The first-order chi connectivity index (χ1) is 17.8. The molecule has 2 fully saturated rings. The Labute approximate surface area is 224 Å². The Bertz CT molecular complexity index is 1420. The number of carbonyl (C=O) groups excluding carboxylic acids is 1. The standard InChI is InChI=1S/C26H32ClFN6O4/c1-12(2)34-17-10-14(9-16(28)20(17)31-22(34)25(4,5)36)19-15(27)11-29-23(32-19)30-18-7-8-33(24(35)38-6)21-13(3)26(18,21)37/h9-13,18,21,36-37H,7-8H2,1-6H3,(H,29,30,32)/t13?,18-,21+,26-/m0/s1. The number of fused-ring (bicyclic) bond motifs is 2. The molecule has 1 aliphatic heterocycles. The summed E-state index contributed by atoms with van der Waals surface area (Å²) in [4.78, 5) is 26.9. The van der Waals surface area contributed by atoms with Crippen LogP contribution in [0.3, 0.4) is 0 Å². The third-order valence-corrected chi connectivity index (χ3v) is 7.94. The molecule has 1 aliphatic carbocycles. The van der Waals surface area contributed by atoms with E-state index >= 15 is 4.39 Å². The van der Waals surface area contributed by atoms with Crippen molar-refractivity contribution in [2.45, 2.75) is 70.4 Å². The molecule has 1 aromatic carbocycles. The van der Waals surface area contributed by atoms with E-state index in [1.165, 1.54) is 19.4 Å². The number of aromatic nitrogens is 4. The van der Waals surface area contributed by atoms with Crippen LogP contribution in [0, 0.1) is 11.7 Å². The second-order valence-electron chi connectivity index (χ2n) is 10.9. The molecule has 0 bridgehead atoms. The van der Waals surface area contributed by atoms with Crippen molar-refractivity contribution in [3.63, 3.8) is 0 Å². The molecule has 4 atom stereocenters. The summed E-state index contributed by atoms with van der Waals surface area (Å²) in [7, 11) is 1.32. The molecule has 2 aromatic heterocycles. The molecule has 5 rings (SSSR count). The number of amides is 1. The van der Waals surface area contributed by atoms with Crippen LogP contribution in [-0.4, -0.2) is 72.1 Å². The first-order valence-corrected chi connectivity index (χ1v) is 13.0. The van der Waals surface area contributed by atoms with Gasteiger partial charge < -0.3 is 29.7 Å². The summed E-state index contributed by atoms with van der Waals surface area (Å²) in [5.41, 5.74) is -1.04. The van der Waals surface area contributed by atoms with E-state index in [-0.39, 0.29) is 34.5 Å². The Morgan fingerprint density at radius 2 is 2.05 bits per heavy atom. The number of halogens is 2. The van der Waals surface area contributed by atoms with Crippen molar-refractivity contribution >= 4 is 34.7 Å². The Morgan fingerprint density at radius 3 is 2.68 bits per heavy atom. The highest BCUT2D eigenvalue weighted by Gasteiger charge is 2.71. The molecule has 1 amide bonds. The van der Waals surface area contributed by atoms with Crippen molar-refractivity contribution < 1.29 is 24.1 Å². The largest absolute Gasteiger partial charge is 0.453 e. The van der Waals surface area contributed by atoms with Gasteiger partial charge in [-0.25, -0.2) is 24.1 Å². The molecule has 204 valence electrons. The SMILES string of the molecule is COC(=O)N1CC[C@H](Nc2ncc(Cl)c(-c3cc(F)c4nc(C(C)(C)O)n(C(C)C)c4c3)n2)[C@@]2(O)C(C)[C@@H]12. The van der Waals surface area contributed by atoms with Crippen LogP contribution in [0.5, 0.6) is 0 Å². The fourth-order valence-corrected chi connectivity index (χ4v) is 5.98. The van der Waals surface area contributed by atoms with E-state index in [2.05, 4.69) is 20.3 Å². The topological polar surface area (TPSA) is 126 Å². The Balaban J connectivity index is 1.50. The molecule has 12 heteroatoms. The Kier molecular flexibility index (Phi) is 6.32. The van der Waals surface area contributed by atoms with Gasteiger partial charge in [-0.2, -0.15) is 0 Å². The van der Waals surface area contributed by atoms with Gasteiger partial charge in [-0.05, 0) is 46.2 Å².